The number of anilines is 1. The molecular formula is C18H19FN4OS. The lowest BCUT2D eigenvalue weighted by Gasteiger charge is -2.55. The number of hydrogen-bond acceptors (Lipinski definition) is 5. The van der Waals surface area contributed by atoms with E-state index < -0.39 is 5.95 Å². The van der Waals surface area contributed by atoms with Crippen LogP contribution in [0.5, 0.6) is 0 Å². The Labute approximate surface area is 149 Å². The van der Waals surface area contributed by atoms with Gasteiger partial charge in [-0.15, -0.1) is 10.2 Å². The van der Waals surface area contributed by atoms with Crippen LogP contribution in [0.25, 0.3) is 0 Å². The molecule has 4 fully saturated rings. The van der Waals surface area contributed by atoms with E-state index in [1.165, 1.54) is 68.2 Å². The molecule has 0 atom stereocenters. The standard InChI is InChI=1S/C18H19FN4OS/c19-14-2-1-13(9-20-14)15(24)21-17-23-22-16(25-17)18-6-10-3-11(7-18)5-12(4-10)8-18/h1-2,9-12H,3-8H2,(H,21,23,24). The van der Waals surface area contributed by atoms with E-state index >= 15 is 0 Å². The molecule has 6 rings (SSSR count). The molecule has 0 unspecified atom stereocenters. The first-order valence-corrected chi connectivity index (χ1v) is 9.68. The Balaban J connectivity index is 1.35. The molecular weight excluding hydrogens is 339 g/mol. The zero-order chi connectivity index (χ0) is 17.0. The van der Waals surface area contributed by atoms with Crippen molar-refractivity contribution in [1.82, 2.24) is 15.2 Å². The number of carbonyl (C=O) groups is 1. The second kappa shape index (κ2) is 5.56. The quantitative estimate of drug-likeness (QED) is 0.848. The van der Waals surface area contributed by atoms with Crippen molar-refractivity contribution in [2.75, 3.05) is 5.32 Å². The molecule has 4 aliphatic carbocycles. The van der Waals surface area contributed by atoms with Crippen LogP contribution in [-0.4, -0.2) is 21.1 Å². The highest BCUT2D eigenvalue weighted by molar-refractivity contribution is 7.15. The first-order valence-electron chi connectivity index (χ1n) is 8.86. The maximum absolute atomic E-state index is 12.9. The summed E-state index contributed by atoms with van der Waals surface area (Å²) in [5.74, 6) is 1.60. The molecule has 4 bridgehead atoms. The Morgan fingerprint density at radius 1 is 1.12 bits per heavy atom. The SMILES string of the molecule is O=C(Nc1nnc(C23CC4CC(CC(C4)C2)C3)s1)c1ccc(F)nc1. The van der Waals surface area contributed by atoms with E-state index in [1.54, 1.807) is 0 Å². The van der Waals surface area contributed by atoms with Gasteiger partial charge in [-0.25, -0.2) is 4.98 Å². The Kier molecular flexibility index (Phi) is 3.42. The van der Waals surface area contributed by atoms with E-state index in [0.29, 0.717) is 10.7 Å². The largest absolute Gasteiger partial charge is 0.296 e. The zero-order valence-electron chi connectivity index (χ0n) is 13.7. The van der Waals surface area contributed by atoms with Crippen LogP contribution in [0.1, 0.15) is 53.9 Å². The summed E-state index contributed by atoms with van der Waals surface area (Å²) in [6.07, 6.45) is 9.07. The summed E-state index contributed by atoms with van der Waals surface area (Å²) in [6.45, 7) is 0. The molecule has 0 radical (unpaired) electrons. The lowest BCUT2D eigenvalue weighted by atomic mass is 9.50. The normalized spacial score (nSPS) is 32.8. The molecule has 0 aliphatic heterocycles. The topological polar surface area (TPSA) is 67.8 Å². The van der Waals surface area contributed by atoms with Crippen molar-refractivity contribution in [3.05, 3.63) is 34.8 Å². The molecule has 130 valence electrons. The third kappa shape index (κ3) is 2.65. The van der Waals surface area contributed by atoms with Gasteiger partial charge in [0.1, 0.15) is 5.01 Å². The van der Waals surface area contributed by atoms with Gasteiger partial charge in [0.15, 0.2) is 0 Å². The van der Waals surface area contributed by atoms with E-state index in [2.05, 4.69) is 20.5 Å². The highest BCUT2D eigenvalue weighted by atomic mass is 32.1. The Morgan fingerprint density at radius 2 is 1.80 bits per heavy atom. The Morgan fingerprint density at radius 3 is 2.40 bits per heavy atom. The second-order valence-electron chi connectivity index (χ2n) is 7.93. The predicted molar refractivity (Wildman–Crippen MR) is 91.9 cm³/mol. The van der Waals surface area contributed by atoms with Gasteiger partial charge in [0.05, 0.1) is 5.56 Å². The summed E-state index contributed by atoms with van der Waals surface area (Å²) < 4.78 is 12.9. The number of halogens is 1. The van der Waals surface area contributed by atoms with Gasteiger partial charge >= 0.3 is 0 Å². The fraction of sp³-hybridized carbons (Fsp3) is 0.556. The van der Waals surface area contributed by atoms with E-state index in [1.807, 2.05) is 0 Å². The van der Waals surface area contributed by atoms with Gasteiger partial charge in [-0.3, -0.25) is 10.1 Å². The highest BCUT2D eigenvalue weighted by Crippen LogP contribution is 2.61. The summed E-state index contributed by atoms with van der Waals surface area (Å²) in [4.78, 5) is 15.8. The van der Waals surface area contributed by atoms with Crippen LogP contribution in [-0.2, 0) is 5.41 Å². The van der Waals surface area contributed by atoms with E-state index in [9.17, 15) is 9.18 Å². The minimum atomic E-state index is -0.600. The fourth-order valence-corrected chi connectivity index (χ4v) is 6.50. The average molecular weight is 358 g/mol. The van der Waals surface area contributed by atoms with Crippen LogP contribution in [0, 0.1) is 23.7 Å². The van der Waals surface area contributed by atoms with E-state index in [0.717, 1.165) is 22.8 Å². The van der Waals surface area contributed by atoms with Gasteiger partial charge in [-0.2, -0.15) is 4.39 Å². The molecule has 2 aromatic heterocycles. The lowest BCUT2D eigenvalue weighted by molar-refractivity contribution is -0.00555. The van der Waals surface area contributed by atoms with Crippen LogP contribution in [0.3, 0.4) is 0 Å². The van der Waals surface area contributed by atoms with Crippen LogP contribution in [0.4, 0.5) is 9.52 Å². The highest BCUT2D eigenvalue weighted by Gasteiger charge is 2.53. The minimum absolute atomic E-state index is 0.187. The van der Waals surface area contributed by atoms with Crippen LogP contribution < -0.4 is 5.32 Å². The van der Waals surface area contributed by atoms with Crippen molar-refractivity contribution < 1.29 is 9.18 Å². The summed E-state index contributed by atoms with van der Waals surface area (Å²) in [5, 5.41) is 13.0. The monoisotopic (exact) mass is 358 g/mol. The molecule has 0 spiro atoms. The summed E-state index contributed by atoms with van der Waals surface area (Å²) in [6, 6.07) is 2.59. The van der Waals surface area contributed by atoms with Crippen molar-refractivity contribution in [3.8, 4) is 0 Å². The Bertz CT molecular complexity index is 783. The minimum Gasteiger partial charge on any atom is -0.296 e. The number of rotatable bonds is 3. The molecule has 2 heterocycles. The molecule has 0 aromatic carbocycles. The van der Waals surface area contributed by atoms with E-state index in [4.69, 9.17) is 0 Å². The maximum atomic E-state index is 12.9. The molecule has 7 heteroatoms. The van der Waals surface area contributed by atoms with Crippen LogP contribution >= 0.6 is 11.3 Å². The molecule has 1 amide bonds. The number of pyridine rings is 1. The van der Waals surface area contributed by atoms with Crippen LogP contribution in [0.15, 0.2) is 18.3 Å². The number of nitrogens with zero attached hydrogens (tertiary/aromatic N) is 3. The fourth-order valence-electron chi connectivity index (χ4n) is 5.54. The van der Waals surface area contributed by atoms with Crippen molar-refractivity contribution in [2.24, 2.45) is 17.8 Å². The van der Waals surface area contributed by atoms with Crippen molar-refractivity contribution >= 4 is 22.4 Å². The summed E-state index contributed by atoms with van der Waals surface area (Å²) in [7, 11) is 0. The van der Waals surface area contributed by atoms with Gasteiger partial charge in [-0.1, -0.05) is 11.3 Å². The molecule has 4 saturated carbocycles. The van der Waals surface area contributed by atoms with Crippen molar-refractivity contribution in [3.63, 3.8) is 0 Å². The lowest BCUT2D eigenvalue weighted by Crippen LogP contribution is -2.48. The zero-order valence-corrected chi connectivity index (χ0v) is 14.6. The number of amides is 1. The number of hydrogen-bond donors (Lipinski definition) is 1. The van der Waals surface area contributed by atoms with Gasteiger partial charge in [0, 0.05) is 11.6 Å². The smallest absolute Gasteiger partial charge is 0.259 e. The van der Waals surface area contributed by atoms with Crippen molar-refractivity contribution in [1.29, 1.82) is 0 Å². The third-order valence-electron chi connectivity index (χ3n) is 6.13. The number of aromatic nitrogens is 3. The van der Waals surface area contributed by atoms with Gasteiger partial charge in [-0.05, 0) is 68.4 Å². The third-order valence-corrected chi connectivity index (χ3v) is 7.21. The molecule has 0 saturated heterocycles. The Hall–Kier alpha value is -1.89. The summed E-state index contributed by atoms with van der Waals surface area (Å²) >= 11 is 1.50. The molecule has 4 aliphatic rings. The average Bonchev–Trinajstić information content (AvgIpc) is 3.03. The van der Waals surface area contributed by atoms with Gasteiger partial charge in [0.25, 0.3) is 5.91 Å². The number of nitrogens with one attached hydrogen (secondary N) is 1. The van der Waals surface area contributed by atoms with Crippen LogP contribution in [0.2, 0.25) is 0 Å². The molecule has 2 aromatic rings. The summed E-state index contributed by atoms with van der Waals surface area (Å²) in [5.41, 5.74) is 0.500. The predicted octanol–water partition coefficient (Wildman–Crippen LogP) is 3.79. The number of carbonyl (C=O) groups excluding carboxylic acids is 1. The first kappa shape index (κ1) is 15.4. The molecule has 25 heavy (non-hydrogen) atoms. The molecule has 5 nitrogen and oxygen atoms in total. The second-order valence-corrected chi connectivity index (χ2v) is 8.91. The van der Waals surface area contributed by atoms with Gasteiger partial charge in [0.2, 0.25) is 11.1 Å². The van der Waals surface area contributed by atoms with E-state index in [-0.39, 0.29) is 11.3 Å². The molecule has 1 N–H and O–H groups in total. The first-order chi connectivity index (χ1) is 12.1. The maximum Gasteiger partial charge on any atom is 0.259 e. The van der Waals surface area contributed by atoms with Gasteiger partial charge < -0.3 is 0 Å². The van der Waals surface area contributed by atoms with Crippen molar-refractivity contribution in [2.45, 2.75) is 43.9 Å².